The summed E-state index contributed by atoms with van der Waals surface area (Å²) in [6.45, 7) is 0. The van der Waals surface area contributed by atoms with Gasteiger partial charge in [-0.25, -0.2) is 8.78 Å². The molecule has 0 heterocycles. The SMILES string of the molecule is O=[N+]([O-])c1ccc(F)c(F)c1NC1CC[C@H]2C[C@@H]12. The molecule has 0 radical (unpaired) electrons. The van der Waals surface area contributed by atoms with Crippen molar-refractivity contribution in [1.29, 1.82) is 0 Å². The lowest BCUT2D eigenvalue weighted by molar-refractivity contribution is -0.384. The third-order valence-corrected chi connectivity index (χ3v) is 3.94. The average Bonchev–Trinajstić information content (AvgIpc) is 3.01. The van der Waals surface area contributed by atoms with Crippen molar-refractivity contribution in [2.45, 2.75) is 25.3 Å². The first-order valence-electron chi connectivity index (χ1n) is 5.97. The summed E-state index contributed by atoms with van der Waals surface area (Å²) < 4.78 is 26.8. The molecule has 1 aromatic carbocycles. The number of rotatable bonds is 3. The van der Waals surface area contributed by atoms with Crippen LogP contribution in [-0.2, 0) is 0 Å². The minimum absolute atomic E-state index is 0.0324. The smallest absolute Gasteiger partial charge is 0.295 e. The lowest BCUT2D eigenvalue weighted by Crippen LogP contribution is -2.20. The fraction of sp³-hybridized carbons (Fsp3) is 0.500. The number of benzene rings is 1. The van der Waals surface area contributed by atoms with Crippen LogP contribution in [0.2, 0.25) is 0 Å². The van der Waals surface area contributed by atoms with Gasteiger partial charge in [-0.2, -0.15) is 0 Å². The zero-order valence-electron chi connectivity index (χ0n) is 9.53. The van der Waals surface area contributed by atoms with Crippen molar-refractivity contribution >= 4 is 11.4 Å². The Balaban J connectivity index is 1.93. The molecule has 0 spiro atoms. The number of anilines is 1. The Kier molecular flexibility index (Phi) is 2.46. The molecular weight excluding hydrogens is 242 g/mol. The molecule has 2 aliphatic rings. The van der Waals surface area contributed by atoms with E-state index in [-0.39, 0.29) is 11.7 Å². The zero-order valence-corrected chi connectivity index (χ0v) is 9.53. The quantitative estimate of drug-likeness (QED) is 0.666. The highest BCUT2D eigenvalue weighted by atomic mass is 19.2. The van der Waals surface area contributed by atoms with Gasteiger partial charge in [0.25, 0.3) is 5.69 Å². The lowest BCUT2D eigenvalue weighted by Gasteiger charge is -2.16. The van der Waals surface area contributed by atoms with Gasteiger partial charge in [0, 0.05) is 12.1 Å². The second-order valence-corrected chi connectivity index (χ2v) is 5.00. The van der Waals surface area contributed by atoms with Gasteiger partial charge >= 0.3 is 0 Å². The summed E-state index contributed by atoms with van der Waals surface area (Å²) in [5, 5.41) is 13.7. The number of nitro benzene ring substituents is 1. The Morgan fingerprint density at radius 3 is 2.67 bits per heavy atom. The van der Waals surface area contributed by atoms with Crippen molar-refractivity contribution in [2.75, 3.05) is 5.32 Å². The molecule has 96 valence electrons. The van der Waals surface area contributed by atoms with Gasteiger partial charge in [-0.1, -0.05) is 0 Å². The van der Waals surface area contributed by atoms with E-state index in [2.05, 4.69) is 5.32 Å². The molecule has 0 aromatic heterocycles. The Bertz CT molecular complexity index is 521. The Morgan fingerprint density at radius 1 is 1.33 bits per heavy atom. The van der Waals surface area contributed by atoms with Crippen molar-refractivity contribution in [1.82, 2.24) is 0 Å². The third kappa shape index (κ3) is 1.72. The van der Waals surface area contributed by atoms with E-state index in [1.807, 2.05) is 0 Å². The van der Waals surface area contributed by atoms with Gasteiger partial charge < -0.3 is 5.32 Å². The summed E-state index contributed by atoms with van der Waals surface area (Å²) in [5.74, 6) is -1.09. The first-order valence-corrected chi connectivity index (χ1v) is 5.97. The third-order valence-electron chi connectivity index (χ3n) is 3.94. The van der Waals surface area contributed by atoms with Crippen LogP contribution in [-0.4, -0.2) is 11.0 Å². The summed E-state index contributed by atoms with van der Waals surface area (Å²) in [6.07, 6.45) is 3.01. The van der Waals surface area contributed by atoms with Crippen molar-refractivity contribution in [3.8, 4) is 0 Å². The number of halogens is 2. The minimum Gasteiger partial charge on any atom is -0.374 e. The van der Waals surface area contributed by atoms with E-state index in [0.29, 0.717) is 11.8 Å². The molecule has 1 N–H and O–H groups in total. The lowest BCUT2D eigenvalue weighted by atomic mass is 10.1. The second-order valence-electron chi connectivity index (χ2n) is 5.00. The number of nitrogens with one attached hydrogen (secondary N) is 1. The van der Waals surface area contributed by atoms with E-state index in [1.165, 1.54) is 0 Å². The van der Waals surface area contributed by atoms with Gasteiger partial charge in [-0.15, -0.1) is 0 Å². The van der Waals surface area contributed by atoms with Crippen LogP contribution in [0.15, 0.2) is 12.1 Å². The fourth-order valence-electron chi connectivity index (χ4n) is 2.90. The summed E-state index contributed by atoms with van der Waals surface area (Å²) in [4.78, 5) is 10.1. The molecule has 3 rings (SSSR count). The van der Waals surface area contributed by atoms with E-state index in [4.69, 9.17) is 0 Å². The van der Waals surface area contributed by atoms with Crippen LogP contribution in [0.4, 0.5) is 20.2 Å². The van der Waals surface area contributed by atoms with Crippen LogP contribution in [0, 0.1) is 33.6 Å². The number of nitrogens with zero attached hydrogens (tertiary/aromatic N) is 1. The number of nitro groups is 1. The molecule has 6 heteroatoms. The topological polar surface area (TPSA) is 55.2 Å². The van der Waals surface area contributed by atoms with Gasteiger partial charge in [0.2, 0.25) is 0 Å². The zero-order chi connectivity index (χ0) is 12.9. The molecule has 1 aromatic rings. The highest BCUT2D eigenvalue weighted by Crippen LogP contribution is 2.53. The predicted octanol–water partition coefficient (Wildman–Crippen LogP) is 3.08. The van der Waals surface area contributed by atoms with Crippen LogP contribution in [0.3, 0.4) is 0 Å². The molecule has 0 amide bonds. The second kappa shape index (κ2) is 3.90. The maximum absolute atomic E-state index is 13.7. The highest BCUT2D eigenvalue weighted by Gasteiger charge is 2.48. The molecule has 0 bridgehead atoms. The maximum Gasteiger partial charge on any atom is 0.295 e. The first-order chi connectivity index (χ1) is 8.58. The fourth-order valence-corrected chi connectivity index (χ4v) is 2.90. The van der Waals surface area contributed by atoms with Crippen LogP contribution in [0.5, 0.6) is 0 Å². The highest BCUT2D eigenvalue weighted by molar-refractivity contribution is 5.63. The number of hydrogen-bond acceptors (Lipinski definition) is 3. The summed E-state index contributed by atoms with van der Waals surface area (Å²) >= 11 is 0. The van der Waals surface area contributed by atoms with E-state index >= 15 is 0 Å². The van der Waals surface area contributed by atoms with Crippen LogP contribution < -0.4 is 5.32 Å². The molecule has 0 saturated heterocycles. The molecule has 18 heavy (non-hydrogen) atoms. The Labute approximate surface area is 102 Å². The minimum atomic E-state index is -1.16. The van der Waals surface area contributed by atoms with Gasteiger partial charge in [0.05, 0.1) is 4.92 Å². The molecular formula is C12H12F2N2O2. The molecule has 2 saturated carbocycles. The molecule has 3 atom stereocenters. The van der Waals surface area contributed by atoms with Crippen LogP contribution >= 0.6 is 0 Å². The largest absolute Gasteiger partial charge is 0.374 e. The summed E-state index contributed by atoms with van der Waals surface area (Å²) in [6, 6.07) is 1.82. The van der Waals surface area contributed by atoms with E-state index < -0.39 is 22.2 Å². The van der Waals surface area contributed by atoms with Gasteiger partial charge in [-0.3, -0.25) is 10.1 Å². The van der Waals surface area contributed by atoms with Gasteiger partial charge in [0.15, 0.2) is 17.3 Å². The maximum atomic E-state index is 13.7. The Hall–Kier alpha value is -1.72. The van der Waals surface area contributed by atoms with Crippen LogP contribution in [0.25, 0.3) is 0 Å². The van der Waals surface area contributed by atoms with Crippen molar-refractivity contribution in [3.63, 3.8) is 0 Å². The van der Waals surface area contributed by atoms with E-state index in [0.717, 1.165) is 31.4 Å². The van der Waals surface area contributed by atoms with Gasteiger partial charge in [-0.05, 0) is 37.2 Å². The standard InChI is InChI=1S/C12H12F2N2O2/c13-8-2-4-10(16(17)18)12(11(8)14)15-9-3-1-6-5-7(6)9/h2,4,6-7,9,15H,1,3,5H2/t6-,7+,9?/m0/s1. The molecule has 4 nitrogen and oxygen atoms in total. The number of fused-ring (bicyclic) bond motifs is 1. The molecule has 0 aliphatic heterocycles. The van der Waals surface area contributed by atoms with Crippen LogP contribution in [0.1, 0.15) is 19.3 Å². The number of hydrogen-bond donors (Lipinski definition) is 1. The Morgan fingerprint density at radius 2 is 2.11 bits per heavy atom. The van der Waals surface area contributed by atoms with Crippen molar-refractivity contribution in [2.24, 2.45) is 11.8 Å². The predicted molar refractivity (Wildman–Crippen MR) is 61.3 cm³/mol. The van der Waals surface area contributed by atoms with E-state index in [1.54, 1.807) is 0 Å². The van der Waals surface area contributed by atoms with Crippen molar-refractivity contribution in [3.05, 3.63) is 33.9 Å². The monoisotopic (exact) mass is 254 g/mol. The molecule has 1 unspecified atom stereocenters. The summed E-state index contributed by atoms with van der Waals surface area (Å²) in [5.41, 5.74) is -0.712. The van der Waals surface area contributed by atoms with E-state index in [9.17, 15) is 18.9 Å². The van der Waals surface area contributed by atoms with Crippen molar-refractivity contribution < 1.29 is 13.7 Å². The van der Waals surface area contributed by atoms with Gasteiger partial charge in [0.1, 0.15) is 0 Å². The summed E-state index contributed by atoms with van der Waals surface area (Å²) in [7, 11) is 0. The molecule has 2 aliphatic carbocycles. The first kappa shape index (κ1) is 11.4. The average molecular weight is 254 g/mol. The molecule has 2 fully saturated rings. The normalized spacial score (nSPS) is 28.9.